The van der Waals surface area contributed by atoms with Crippen LogP contribution in [0.25, 0.3) is 0 Å². The van der Waals surface area contributed by atoms with Crippen LogP contribution in [0.3, 0.4) is 0 Å². The fourth-order valence-corrected chi connectivity index (χ4v) is 3.54. The normalized spacial score (nSPS) is 17.6. The van der Waals surface area contributed by atoms with Crippen LogP contribution in [0.5, 0.6) is 0 Å². The molecule has 0 bridgehead atoms. The SMILES string of the molecule is CCS(=O)(=O)c1ccccc1NC1CCCCC1. The third kappa shape index (κ3) is 3.05. The predicted octanol–water partition coefficient (Wildman–Crippen LogP) is 3.22. The van der Waals surface area contributed by atoms with Crippen LogP contribution in [-0.2, 0) is 9.84 Å². The van der Waals surface area contributed by atoms with Crippen LogP contribution in [-0.4, -0.2) is 20.2 Å². The Labute approximate surface area is 110 Å². The van der Waals surface area contributed by atoms with Crippen molar-refractivity contribution in [3.63, 3.8) is 0 Å². The van der Waals surface area contributed by atoms with Crippen molar-refractivity contribution >= 4 is 15.5 Å². The zero-order valence-electron chi connectivity index (χ0n) is 10.9. The maximum absolute atomic E-state index is 12.0. The van der Waals surface area contributed by atoms with Gasteiger partial charge in [-0.15, -0.1) is 0 Å². The molecule has 1 N–H and O–H groups in total. The van der Waals surface area contributed by atoms with E-state index < -0.39 is 9.84 Å². The van der Waals surface area contributed by atoms with Crippen LogP contribution < -0.4 is 5.32 Å². The van der Waals surface area contributed by atoms with Crippen LogP contribution >= 0.6 is 0 Å². The van der Waals surface area contributed by atoms with Gasteiger partial charge in [0, 0.05) is 6.04 Å². The molecule has 0 aromatic heterocycles. The second-order valence-electron chi connectivity index (χ2n) is 4.88. The first-order chi connectivity index (χ1) is 8.63. The highest BCUT2D eigenvalue weighted by Crippen LogP contribution is 2.26. The first-order valence-corrected chi connectivity index (χ1v) is 8.37. The number of para-hydroxylation sites is 1. The second kappa shape index (κ2) is 5.74. The third-order valence-electron chi connectivity index (χ3n) is 3.57. The molecule has 0 atom stereocenters. The highest BCUT2D eigenvalue weighted by atomic mass is 32.2. The summed E-state index contributed by atoms with van der Waals surface area (Å²) < 4.78 is 24.0. The van der Waals surface area contributed by atoms with E-state index in [0.29, 0.717) is 10.9 Å². The second-order valence-corrected chi connectivity index (χ2v) is 7.13. The van der Waals surface area contributed by atoms with Gasteiger partial charge < -0.3 is 5.32 Å². The molecular weight excluding hydrogens is 246 g/mol. The Morgan fingerprint density at radius 3 is 2.50 bits per heavy atom. The molecule has 0 unspecified atom stereocenters. The lowest BCUT2D eigenvalue weighted by Crippen LogP contribution is -2.23. The Kier molecular flexibility index (Phi) is 4.27. The molecule has 1 aliphatic rings. The van der Waals surface area contributed by atoms with Gasteiger partial charge in [-0.05, 0) is 25.0 Å². The van der Waals surface area contributed by atoms with Crippen LogP contribution in [0.1, 0.15) is 39.0 Å². The van der Waals surface area contributed by atoms with E-state index in [1.54, 1.807) is 19.1 Å². The van der Waals surface area contributed by atoms with Crippen LogP contribution in [0.15, 0.2) is 29.2 Å². The summed E-state index contributed by atoms with van der Waals surface area (Å²) in [5, 5.41) is 3.41. The number of hydrogen-bond donors (Lipinski definition) is 1. The van der Waals surface area contributed by atoms with E-state index >= 15 is 0 Å². The molecule has 0 radical (unpaired) electrons. The number of anilines is 1. The van der Waals surface area contributed by atoms with Crippen molar-refractivity contribution in [3.05, 3.63) is 24.3 Å². The third-order valence-corrected chi connectivity index (χ3v) is 5.35. The fraction of sp³-hybridized carbons (Fsp3) is 0.571. The van der Waals surface area contributed by atoms with Gasteiger partial charge in [0.25, 0.3) is 0 Å². The minimum atomic E-state index is -3.14. The zero-order valence-corrected chi connectivity index (χ0v) is 11.7. The molecule has 0 spiro atoms. The molecule has 18 heavy (non-hydrogen) atoms. The number of benzene rings is 1. The van der Waals surface area contributed by atoms with Gasteiger partial charge in [-0.3, -0.25) is 0 Å². The smallest absolute Gasteiger partial charge is 0.180 e. The molecule has 1 aromatic carbocycles. The summed E-state index contributed by atoms with van der Waals surface area (Å²) in [4.78, 5) is 0.443. The van der Waals surface area contributed by atoms with Gasteiger partial charge in [0.05, 0.1) is 16.3 Å². The van der Waals surface area contributed by atoms with E-state index in [1.807, 2.05) is 12.1 Å². The summed E-state index contributed by atoms with van der Waals surface area (Å²) in [5.41, 5.74) is 0.770. The van der Waals surface area contributed by atoms with E-state index in [2.05, 4.69) is 5.32 Å². The van der Waals surface area contributed by atoms with Gasteiger partial charge in [-0.1, -0.05) is 38.3 Å². The highest BCUT2D eigenvalue weighted by molar-refractivity contribution is 7.91. The summed E-state index contributed by atoms with van der Waals surface area (Å²) in [6.45, 7) is 1.69. The summed E-state index contributed by atoms with van der Waals surface area (Å²) in [6, 6.07) is 7.67. The van der Waals surface area contributed by atoms with Gasteiger partial charge in [0.2, 0.25) is 0 Å². The van der Waals surface area contributed by atoms with Crippen LogP contribution in [0.4, 0.5) is 5.69 Å². The molecule has 1 saturated carbocycles. The molecule has 3 nitrogen and oxygen atoms in total. The van der Waals surface area contributed by atoms with Gasteiger partial charge in [0.1, 0.15) is 0 Å². The quantitative estimate of drug-likeness (QED) is 0.911. The topological polar surface area (TPSA) is 46.2 Å². The number of sulfone groups is 1. The van der Waals surface area contributed by atoms with Crippen molar-refractivity contribution in [2.75, 3.05) is 11.1 Å². The molecule has 0 amide bonds. The van der Waals surface area contributed by atoms with Crippen LogP contribution in [0.2, 0.25) is 0 Å². The zero-order chi connectivity index (χ0) is 13.0. The highest BCUT2D eigenvalue weighted by Gasteiger charge is 2.19. The summed E-state index contributed by atoms with van der Waals surface area (Å²) in [6.07, 6.45) is 6.05. The molecular formula is C14H21NO2S. The Bertz CT molecular complexity index is 490. The molecule has 2 rings (SSSR count). The molecule has 0 aliphatic heterocycles. The Hall–Kier alpha value is -1.03. The molecule has 1 fully saturated rings. The van der Waals surface area contributed by atoms with Gasteiger partial charge >= 0.3 is 0 Å². The van der Waals surface area contributed by atoms with Crippen molar-refractivity contribution in [2.45, 2.75) is 50.0 Å². The Balaban J connectivity index is 2.22. The average Bonchev–Trinajstić information content (AvgIpc) is 2.40. The monoisotopic (exact) mass is 267 g/mol. The number of hydrogen-bond acceptors (Lipinski definition) is 3. The summed E-state index contributed by atoms with van der Waals surface area (Å²) >= 11 is 0. The van der Waals surface area contributed by atoms with Gasteiger partial charge in [-0.25, -0.2) is 8.42 Å². The largest absolute Gasteiger partial charge is 0.381 e. The number of rotatable bonds is 4. The van der Waals surface area contributed by atoms with Crippen molar-refractivity contribution in [1.29, 1.82) is 0 Å². The van der Waals surface area contributed by atoms with Gasteiger partial charge in [0.15, 0.2) is 9.84 Å². The minimum absolute atomic E-state index is 0.149. The Morgan fingerprint density at radius 2 is 1.83 bits per heavy atom. The van der Waals surface area contributed by atoms with Crippen LogP contribution in [0, 0.1) is 0 Å². The molecule has 0 heterocycles. The molecule has 0 saturated heterocycles. The fourth-order valence-electron chi connectivity index (χ4n) is 2.48. The lowest BCUT2D eigenvalue weighted by molar-refractivity contribution is 0.462. The molecule has 1 aromatic rings. The maximum atomic E-state index is 12.0. The number of nitrogens with one attached hydrogen (secondary N) is 1. The van der Waals surface area contributed by atoms with E-state index in [4.69, 9.17) is 0 Å². The lowest BCUT2D eigenvalue weighted by Gasteiger charge is -2.25. The predicted molar refractivity (Wildman–Crippen MR) is 74.7 cm³/mol. The van der Waals surface area contributed by atoms with E-state index in [9.17, 15) is 8.42 Å². The minimum Gasteiger partial charge on any atom is -0.381 e. The first kappa shape index (κ1) is 13.4. The van der Waals surface area contributed by atoms with Crippen molar-refractivity contribution in [1.82, 2.24) is 0 Å². The maximum Gasteiger partial charge on any atom is 0.180 e. The first-order valence-electron chi connectivity index (χ1n) is 6.72. The standard InChI is InChI=1S/C14H21NO2S/c1-2-18(16,17)14-11-7-6-10-13(14)15-12-8-4-3-5-9-12/h6-7,10-12,15H,2-5,8-9H2,1H3. The molecule has 100 valence electrons. The Morgan fingerprint density at radius 1 is 1.17 bits per heavy atom. The van der Waals surface area contributed by atoms with Crippen molar-refractivity contribution in [3.8, 4) is 0 Å². The van der Waals surface area contributed by atoms with E-state index in [-0.39, 0.29) is 5.75 Å². The summed E-state index contributed by atoms with van der Waals surface area (Å²) in [7, 11) is -3.14. The van der Waals surface area contributed by atoms with E-state index in [1.165, 1.54) is 19.3 Å². The van der Waals surface area contributed by atoms with Crippen molar-refractivity contribution in [2.24, 2.45) is 0 Å². The van der Waals surface area contributed by atoms with Gasteiger partial charge in [-0.2, -0.15) is 0 Å². The molecule has 4 heteroatoms. The lowest BCUT2D eigenvalue weighted by atomic mass is 9.95. The summed E-state index contributed by atoms with van der Waals surface area (Å²) in [5.74, 6) is 0.149. The average molecular weight is 267 g/mol. The molecule has 1 aliphatic carbocycles. The van der Waals surface area contributed by atoms with Crippen molar-refractivity contribution < 1.29 is 8.42 Å². The van der Waals surface area contributed by atoms with E-state index in [0.717, 1.165) is 18.5 Å².